The summed E-state index contributed by atoms with van der Waals surface area (Å²) in [7, 11) is 1.64. The Labute approximate surface area is 101 Å². The summed E-state index contributed by atoms with van der Waals surface area (Å²) in [5, 5.41) is 0. The van der Waals surface area contributed by atoms with E-state index in [1.165, 1.54) is 0 Å². The first-order valence-electron chi connectivity index (χ1n) is 5.62. The van der Waals surface area contributed by atoms with Crippen LogP contribution < -0.4 is 4.74 Å². The number of carbonyl (C=O) groups is 1. The quantitative estimate of drug-likeness (QED) is 0.487. The first kappa shape index (κ1) is 13.7. The van der Waals surface area contributed by atoms with Gasteiger partial charge >= 0.3 is 0 Å². The molecular formula is C13H18O4. The third-order valence-corrected chi connectivity index (χ3v) is 2.17. The van der Waals surface area contributed by atoms with Gasteiger partial charge in [0.25, 0.3) is 0 Å². The first-order valence-corrected chi connectivity index (χ1v) is 5.62. The van der Waals surface area contributed by atoms with Crippen LogP contribution in [0, 0.1) is 0 Å². The van der Waals surface area contributed by atoms with E-state index in [9.17, 15) is 4.79 Å². The van der Waals surface area contributed by atoms with Crippen molar-refractivity contribution in [2.45, 2.75) is 6.42 Å². The van der Waals surface area contributed by atoms with E-state index in [1.807, 2.05) is 12.1 Å². The maximum absolute atomic E-state index is 10.7. The molecule has 1 aromatic rings. The Balaban J connectivity index is 2.15. The fourth-order valence-corrected chi connectivity index (χ4v) is 1.30. The molecule has 0 aromatic heterocycles. The van der Waals surface area contributed by atoms with E-state index in [-0.39, 0.29) is 0 Å². The number of aldehydes is 1. The predicted octanol–water partition coefficient (Wildman–Crippen LogP) is 1.93. The van der Waals surface area contributed by atoms with Crippen LogP contribution >= 0.6 is 0 Å². The molecule has 1 aromatic carbocycles. The number of hydrogen-bond acceptors (Lipinski definition) is 4. The summed E-state index contributed by atoms with van der Waals surface area (Å²) >= 11 is 0. The number of carbonyl (C=O) groups excluding carboxylic acids is 1. The van der Waals surface area contributed by atoms with Crippen molar-refractivity contribution in [1.29, 1.82) is 0 Å². The predicted molar refractivity (Wildman–Crippen MR) is 64.6 cm³/mol. The molecule has 4 heteroatoms. The highest BCUT2D eigenvalue weighted by molar-refractivity contribution is 5.79. The van der Waals surface area contributed by atoms with Crippen molar-refractivity contribution in [3.63, 3.8) is 0 Å². The van der Waals surface area contributed by atoms with Gasteiger partial charge in [-0.1, -0.05) is 12.1 Å². The fraction of sp³-hybridized carbons (Fsp3) is 0.462. The van der Waals surface area contributed by atoms with Gasteiger partial charge in [-0.25, -0.2) is 0 Å². The van der Waals surface area contributed by atoms with Crippen molar-refractivity contribution in [3.8, 4) is 5.75 Å². The summed E-state index contributed by atoms with van der Waals surface area (Å²) in [5.41, 5.74) is 0.577. The minimum absolute atomic E-state index is 0.540. The molecule has 0 N–H and O–H groups in total. The molecule has 0 amide bonds. The van der Waals surface area contributed by atoms with Crippen LogP contribution in [0.5, 0.6) is 5.75 Å². The van der Waals surface area contributed by atoms with Crippen molar-refractivity contribution in [1.82, 2.24) is 0 Å². The number of methoxy groups -OCH3 is 1. The molecule has 0 aliphatic rings. The third kappa shape index (κ3) is 5.47. The van der Waals surface area contributed by atoms with Crippen molar-refractivity contribution < 1.29 is 19.0 Å². The highest BCUT2D eigenvalue weighted by Gasteiger charge is 2.00. The summed E-state index contributed by atoms with van der Waals surface area (Å²) in [6.45, 7) is 2.38. The molecule has 0 unspecified atom stereocenters. The molecule has 0 aliphatic heterocycles. The normalized spacial score (nSPS) is 10.2. The van der Waals surface area contributed by atoms with Crippen LogP contribution in [0.4, 0.5) is 0 Å². The van der Waals surface area contributed by atoms with Crippen LogP contribution in [0.25, 0.3) is 0 Å². The number of para-hydroxylation sites is 1. The molecule has 0 saturated carbocycles. The number of hydrogen-bond donors (Lipinski definition) is 0. The molecule has 17 heavy (non-hydrogen) atoms. The van der Waals surface area contributed by atoms with Gasteiger partial charge in [0.1, 0.15) is 5.75 Å². The van der Waals surface area contributed by atoms with Crippen LogP contribution in [0.3, 0.4) is 0 Å². The van der Waals surface area contributed by atoms with E-state index in [0.717, 1.165) is 12.7 Å². The largest absolute Gasteiger partial charge is 0.493 e. The van der Waals surface area contributed by atoms with E-state index in [1.54, 1.807) is 19.2 Å². The average Bonchev–Trinajstić information content (AvgIpc) is 2.38. The number of ether oxygens (including phenoxy) is 3. The van der Waals surface area contributed by atoms with Crippen molar-refractivity contribution >= 4 is 6.29 Å². The van der Waals surface area contributed by atoms with E-state index < -0.39 is 0 Å². The fourth-order valence-electron chi connectivity index (χ4n) is 1.30. The highest BCUT2D eigenvalue weighted by atomic mass is 16.5. The van der Waals surface area contributed by atoms with Crippen molar-refractivity contribution in [2.75, 3.05) is 33.5 Å². The summed E-state index contributed by atoms with van der Waals surface area (Å²) in [6.07, 6.45) is 1.58. The summed E-state index contributed by atoms with van der Waals surface area (Å²) in [5.74, 6) is 0.624. The van der Waals surface area contributed by atoms with Crippen LogP contribution in [-0.4, -0.2) is 39.8 Å². The van der Waals surface area contributed by atoms with Gasteiger partial charge in [0, 0.05) is 20.1 Å². The van der Waals surface area contributed by atoms with Crippen molar-refractivity contribution in [2.24, 2.45) is 0 Å². The van der Waals surface area contributed by atoms with Crippen LogP contribution in [0.15, 0.2) is 24.3 Å². The molecule has 0 atom stereocenters. The lowest BCUT2D eigenvalue weighted by Crippen LogP contribution is -2.07. The molecule has 0 radical (unpaired) electrons. The minimum atomic E-state index is 0.540. The Morgan fingerprint density at radius 2 is 1.94 bits per heavy atom. The molecule has 1 rings (SSSR count). The van der Waals surface area contributed by atoms with Crippen molar-refractivity contribution in [3.05, 3.63) is 29.8 Å². The molecular weight excluding hydrogens is 220 g/mol. The molecule has 4 nitrogen and oxygen atoms in total. The van der Waals surface area contributed by atoms with Gasteiger partial charge in [0.2, 0.25) is 0 Å². The van der Waals surface area contributed by atoms with E-state index >= 15 is 0 Å². The van der Waals surface area contributed by atoms with E-state index in [0.29, 0.717) is 37.7 Å². The van der Waals surface area contributed by atoms with Gasteiger partial charge in [-0.3, -0.25) is 4.79 Å². The summed E-state index contributed by atoms with van der Waals surface area (Å²) in [4.78, 5) is 10.7. The van der Waals surface area contributed by atoms with Gasteiger partial charge in [0.05, 0.1) is 25.4 Å². The van der Waals surface area contributed by atoms with Crippen LogP contribution in [0.2, 0.25) is 0 Å². The smallest absolute Gasteiger partial charge is 0.153 e. The Bertz CT molecular complexity index is 325. The molecule has 0 aliphatic carbocycles. The van der Waals surface area contributed by atoms with Gasteiger partial charge in [-0.05, 0) is 12.1 Å². The lowest BCUT2D eigenvalue weighted by molar-refractivity contribution is 0.0644. The van der Waals surface area contributed by atoms with Crippen LogP contribution in [0.1, 0.15) is 16.8 Å². The second kappa shape index (κ2) is 8.73. The van der Waals surface area contributed by atoms with Gasteiger partial charge < -0.3 is 14.2 Å². The molecule has 0 fully saturated rings. The maximum Gasteiger partial charge on any atom is 0.153 e. The molecule has 0 heterocycles. The van der Waals surface area contributed by atoms with Gasteiger partial charge in [-0.15, -0.1) is 0 Å². The Morgan fingerprint density at radius 1 is 1.12 bits per heavy atom. The second-order valence-electron chi connectivity index (χ2n) is 3.46. The van der Waals surface area contributed by atoms with Gasteiger partial charge in [-0.2, -0.15) is 0 Å². The zero-order valence-corrected chi connectivity index (χ0v) is 10.1. The standard InChI is InChI=1S/C13H18O4/c1-15-9-10-16-7-4-8-17-13-6-3-2-5-12(13)11-14/h2-3,5-6,11H,4,7-10H2,1H3. The third-order valence-electron chi connectivity index (χ3n) is 2.17. The summed E-state index contributed by atoms with van der Waals surface area (Å²) < 4.78 is 15.6. The Kier molecular flexibility index (Phi) is 7.02. The molecule has 94 valence electrons. The highest BCUT2D eigenvalue weighted by Crippen LogP contribution is 2.15. The number of benzene rings is 1. The monoisotopic (exact) mass is 238 g/mol. The Hall–Kier alpha value is -1.39. The summed E-state index contributed by atoms with van der Waals surface area (Å²) in [6, 6.07) is 7.18. The van der Waals surface area contributed by atoms with Gasteiger partial charge in [0.15, 0.2) is 6.29 Å². The topological polar surface area (TPSA) is 44.8 Å². The second-order valence-corrected chi connectivity index (χ2v) is 3.46. The average molecular weight is 238 g/mol. The lowest BCUT2D eigenvalue weighted by Gasteiger charge is -2.08. The molecule has 0 saturated heterocycles. The zero-order chi connectivity index (χ0) is 12.3. The molecule has 0 bridgehead atoms. The Morgan fingerprint density at radius 3 is 2.71 bits per heavy atom. The van der Waals surface area contributed by atoms with E-state index in [4.69, 9.17) is 14.2 Å². The lowest BCUT2D eigenvalue weighted by atomic mass is 10.2. The maximum atomic E-state index is 10.7. The minimum Gasteiger partial charge on any atom is -0.493 e. The number of rotatable bonds is 9. The first-order chi connectivity index (χ1) is 8.38. The van der Waals surface area contributed by atoms with Crippen LogP contribution in [-0.2, 0) is 9.47 Å². The molecule has 0 spiro atoms. The zero-order valence-electron chi connectivity index (χ0n) is 10.1. The SMILES string of the molecule is COCCOCCCOc1ccccc1C=O. The van der Waals surface area contributed by atoms with E-state index in [2.05, 4.69) is 0 Å².